The third-order valence-electron chi connectivity index (χ3n) is 4.50. The summed E-state index contributed by atoms with van der Waals surface area (Å²) < 4.78 is 10.9. The molecule has 6 heteroatoms. The van der Waals surface area contributed by atoms with Gasteiger partial charge in [0.15, 0.2) is 0 Å². The van der Waals surface area contributed by atoms with Crippen LogP contribution >= 0.6 is 0 Å². The number of benzene rings is 3. The number of hydrogen-bond acceptors (Lipinski definition) is 6. The van der Waals surface area contributed by atoms with Crippen LogP contribution in [0.1, 0.15) is 5.56 Å². The molecule has 0 saturated heterocycles. The molecule has 0 fully saturated rings. The van der Waals surface area contributed by atoms with Crippen molar-refractivity contribution in [2.75, 3.05) is 37.9 Å². The summed E-state index contributed by atoms with van der Waals surface area (Å²) in [6.45, 7) is 0.570. The highest BCUT2D eigenvalue weighted by Crippen LogP contribution is 2.36. The van der Waals surface area contributed by atoms with Crippen LogP contribution in [-0.4, -0.2) is 48.4 Å². The van der Waals surface area contributed by atoms with Crippen molar-refractivity contribution >= 4 is 17.1 Å². The predicted octanol–water partition coefficient (Wildman–Crippen LogP) is 3.43. The molecule has 0 aliphatic carbocycles. The first kappa shape index (κ1) is 21.6. The van der Waals surface area contributed by atoms with Gasteiger partial charge >= 0.3 is 0 Å². The first-order valence-electron chi connectivity index (χ1n) is 9.92. The van der Waals surface area contributed by atoms with Gasteiger partial charge in [0.2, 0.25) is 0 Å². The van der Waals surface area contributed by atoms with Crippen LogP contribution in [-0.2, 0) is 6.42 Å². The molecular weight excluding hydrogens is 382 g/mol. The summed E-state index contributed by atoms with van der Waals surface area (Å²) in [7, 11) is 0. The van der Waals surface area contributed by atoms with Gasteiger partial charge < -0.3 is 29.7 Å². The zero-order chi connectivity index (χ0) is 21.2. The zero-order valence-electron chi connectivity index (χ0n) is 16.8. The van der Waals surface area contributed by atoms with Crippen LogP contribution in [0.15, 0.2) is 72.8 Å². The highest BCUT2D eigenvalue weighted by molar-refractivity contribution is 5.77. The summed E-state index contributed by atoms with van der Waals surface area (Å²) in [4.78, 5) is 2.11. The molecule has 0 bridgehead atoms. The molecule has 0 aliphatic heterocycles. The number of aliphatic hydroxyl groups is 3. The lowest BCUT2D eigenvalue weighted by Crippen LogP contribution is -2.10. The summed E-state index contributed by atoms with van der Waals surface area (Å²) in [6, 6.07) is 23.4. The van der Waals surface area contributed by atoms with Crippen molar-refractivity contribution in [3.8, 4) is 11.5 Å². The fourth-order valence-corrected chi connectivity index (χ4v) is 3.10. The molecule has 158 valence electrons. The van der Waals surface area contributed by atoms with Crippen LogP contribution in [0.5, 0.6) is 11.5 Å². The van der Waals surface area contributed by atoms with E-state index < -0.39 is 0 Å². The van der Waals surface area contributed by atoms with E-state index in [1.807, 2.05) is 72.8 Å². The van der Waals surface area contributed by atoms with Gasteiger partial charge in [0, 0.05) is 23.7 Å². The molecule has 0 radical (unpaired) electrons. The zero-order valence-corrected chi connectivity index (χ0v) is 16.8. The fourth-order valence-electron chi connectivity index (χ4n) is 3.10. The predicted molar refractivity (Wildman–Crippen MR) is 117 cm³/mol. The van der Waals surface area contributed by atoms with Crippen molar-refractivity contribution in [1.82, 2.24) is 0 Å². The minimum absolute atomic E-state index is 0.0290. The molecule has 0 aliphatic rings. The smallest absolute Gasteiger partial charge is 0.119 e. The number of rotatable bonds is 11. The SMILES string of the molecule is OCCOc1ccc(N(c2ccc(CCO)cc2)c2ccc(OCCO)cc2)cc1. The second kappa shape index (κ2) is 11.2. The Morgan fingerprint density at radius 2 is 0.933 bits per heavy atom. The Bertz CT molecular complexity index is 827. The van der Waals surface area contributed by atoms with Crippen LogP contribution < -0.4 is 14.4 Å². The molecule has 30 heavy (non-hydrogen) atoms. The minimum Gasteiger partial charge on any atom is -0.491 e. The summed E-state index contributed by atoms with van der Waals surface area (Å²) in [5.41, 5.74) is 3.95. The van der Waals surface area contributed by atoms with Gasteiger partial charge in [0.1, 0.15) is 24.7 Å². The van der Waals surface area contributed by atoms with Gasteiger partial charge in [-0.25, -0.2) is 0 Å². The first-order valence-corrected chi connectivity index (χ1v) is 9.92. The third kappa shape index (κ3) is 5.73. The summed E-state index contributed by atoms with van der Waals surface area (Å²) in [6.07, 6.45) is 0.619. The summed E-state index contributed by atoms with van der Waals surface area (Å²) >= 11 is 0. The third-order valence-corrected chi connectivity index (χ3v) is 4.50. The van der Waals surface area contributed by atoms with Crippen molar-refractivity contribution in [1.29, 1.82) is 0 Å². The molecule has 3 aromatic carbocycles. The molecular formula is C24H27NO5. The number of hydrogen-bond donors (Lipinski definition) is 3. The second-order valence-corrected chi connectivity index (χ2v) is 6.61. The molecule has 0 spiro atoms. The Morgan fingerprint density at radius 1 is 0.533 bits per heavy atom. The van der Waals surface area contributed by atoms with Crippen molar-refractivity contribution in [3.05, 3.63) is 78.4 Å². The fraction of sp³-hybridized carbons (Fsp3) is 0.250. The lowest BCUT2D eigenvalue weighted by atomic mass is 10.1. The van der Waals surface area contributed by atoms with Gasteiger partial charge in [-0.15, -0.1) is 0 Å². The summed E-state index contributed by atoms with van der Waals surface area (Å²) in [5, 5.41) is 27.0. The van der Waals surface area contributed by atoms with E-state index in [-0.39, 0.29) is 33.0 Å². The molecule has 3 rings (SSSR count). The van der Waals surface area contributed by atoms with E-state index in [0.717, 1.165) is 22.6 Å². The van der Waals surface area contributed by atoms with Crippen molar-refractivity contribution in [3.63, 3.8) is 0 Å². The second-order valence-electron chi connectivity index (χ2n) is 6.61. The van der Waals surface area contributed by atoms with Gasteiger partial charge in [-0.1, -0.05) is 12.1 Å². The average molecular weight is 409 g/mol. The Kier molecular flexibility index (Phi) is 8.09. The van der Waals surface area contributed by atoms with E-state index in [1.165, 1.54) is 0 Å². The highest BCUT2D eigenvalue weighted by atomic mass is 16.5. The quantitative estimate of drug-likeness (QED) is 0.450. The van der Waals surface area contributed by atoms with E-state index in [4.69, 9.17) is 24.8 Å². The van der Waals surface area contributed by atoms with Crippen LogP contribution in [0.2, 0.25) is 0 Å². The monoisotopic (exact) mass is 409 g/mol. The molecule has 0 unspecified atom stereocenters. The Balaban J connectivity index is 1.92. The topological polar surface area (TPSA) is 82.4 Å². The maximum atomic E-state index is 9.16. The van der Waals surface area contributed by atoms with E-state index in [0.29, 0.717) is 17.9 Å². The van der Waals surface area contributed by atoms with E-state index in [2.05, 4.69) is 4.90 Å². The van der Waals surface area contributed by atoms with Crippen LogP contribution in [0.3, 0.4) is 0 Å². The number of aliphatic hydroxyl groups excluding tert-OH is 3. The number of anilines is 3. The lowest BCUT2D eigenvalue weighted by Gasteiger charge is -2.26. The van der Waals surface area contributed by atoms with E-state index >= 15 is 0 Å². The van der Waals surface area contributed by atoms with E-state index in [9.17, 15) is 0 Å². The first-order chi connectivity index (χ1) is 14.7. The van der Waals surface area contributed by atoms with Gasteiger partial charge in [0.05, 0.1) is 13.2 Å². The lowest BCUT2D eigenvalue weighted by molar-refractivity contribution is 0.201. The van der Waals surface area contributed by atoms with Gasteiger partial charge in [-0.3, -0.25) is 0 Å². The van der Waals surface area contributed by atoms with Crippen LogP contribution in [0, 0.1) is 0 Å². The van der Waals surface area contributed by atoms with E-state index in [1.54, 1.807) is 0 Å². The maximum Gasteiger partial charge on any atom is 0.119 e. The Morgan fingerprint density at radius 3 is 1.30 bits per heavy atom. The van der Waals surface area contributed by atoms with Gasteiger partial charge in [0.25, 0.3) is 0 Å². The molecule has 0 amide bonds. The standard InChI is InChI=1S/C24H27NO5/c26-14-13-19-1-3-20(4-2-19)25(21-5-9-23(10-6-21)29-17-15-27)22-7-11-24(12-8-22)30-18-16-28/h1-12,26-28H,13-18H2. The van der Waals surface area contributed by atoms with Crippen molar-refractivity contribution in [2.45, 2.75) is 6.42 Å². The minimum atomic E-state index is -0.0290. The van der Waals surface area contributed by atoms with Crippen molar-refractivity contribution < 1.29 is 24.8 Å². The van der Waals surface area contributed by atoms with Crippen molar-refractivity contribution in [2.24, 2.45) is 0 Å². The summed E-state index contributed by atoms with van der Waals surface area (Å²) in [5.74, 6) is 1.39. The van der Waals surface area contributed by atoms with Crippen LogP contribution in [0.4, 0.5) is 17.1 Å². The molecule has 0 saturated carbocycles. The molecule has 3 aromatic rings. The Hall–Kier alpha value is -3.06. The normalized spacial score (nSPS) is 10.6. The molecule has 0 atom stereocenters. The van der Waals surface area contributed by atoms with Gasteiger partial charge in [-0.2, -0.15) is 0 Å². The molecule has 0 heterocycles. The van der Waals surface area contributed by atoms with Crippen LogP contribution in [0.25, 0.3) is 0 Å². The molecule has 0 aromatic heterocycles. The maximum absolute atomic E-state index is 9.16. The Labute approximate surface area is 176 Å². The van der Waals surface area contributed by atoms with Gasteiger partial charge in [-0.05, 0) is 72.6 Å². The molecule has 3 N–H and O–H groups in total. The largest absolute Gasteiger partial charge is 0.491 e. The average Bonchev–Trinajstić information content (AvgIpc) is 2.79. The molecule has 6 nitrogen and oxygen atoms in total. The number of nitrogens with zero attached hydrogens (tertiary/aromatic N) is 1. The number of ether oxygens (including phenoxy) is 2. The highest BCUT2D eigenvalue weighted by Gasteiger charge is 2.13.